The van der Waals surface area contributed by atoms with Gasteiger partial charge in [0, 0.05) is 14.1 Å². The normalized spacial score (nSPS) is 24.1. The smallest absolute Gasteiger partial charge is 0.254 e. The number of ether oxygens (including phenoxy) is 1. The van der Waals surface area contributed by atoms with Crippen LogP contribution < -0.4 is 4.74 Å². The SMILES string of the molecule is CC(CC1CC12CCN(C)CC2)Oc1ccc(C(=O)N(C)C)c(Cl)c1.O=CC1(C2=CCCC=C2)CCC1. The van der Waals surface area contributed by atoms with E-state index in [2.05, 4.69) is 37.1 Å². The highest BCUT2D eigenvalue weighted by molar-refractivity contribution is 6.34. The van der Waals surface area contributed by atoms with Gasteiger partial charge in [0.2, 0.25) is 0 Å². The van der Waals surface area contributed by atoms with Crippen molar-refractivity contribution < 1.29 is 14.3 Å². The predicted octanol–water partition coefficient (Wildman–Crippen LogP) is 6.56. The van der Waals surface area contributed by atoms with Crippen LogP contribution in [0.2, 0.25) is 5.02 Å². The van der Waals surface area contributed by atoms with Crippen LogP contribution in [0.3, 0.4) is 0 Å². The van der Waals surface area contributed by atoms with Gasteiger partial charge in [0.25, 0.3) is 5.91 Å². The first-order chi connectivity index (χ1) is 17.7. The number of aldehydes is 1. The van der Waals surface area contributed by atoms with Crippen molar-refractivity contribution in [3.8, 4) is 5.75 Å². The first kappa shape index (κ1) is 27.9. The first-order valence-electron chi connectivity index (χ1n) is 13.9. The highest BCUT2D eigenvalue weighted by atomic mass is 35.5. The summed E-state index contributed by atoms with van der Waals surface area (Å²) in [6, 6.07) is 5.35. The molecule has 37 heavy (non-hydrogen) atoms. The van der Waals surface area contributed by atoms with Crippen molar-refractivity contribution in [1.29, 1.82) is 0 Å². The van der Waals surface area contributed by atoms with E-state index >= 15 is 0 Å². The Labute approximate surface area is 227 Å². The van der Waals surface area contributed by atoms with Gasteiger partial charge >= 0.3 is 0 Å². The summed E-state index contributed by atoms with van der Waals surface area (Å²) in [5.74, 6) is 1.44. The van der Waals surface area contributed by atoms with Gasteiger partial charge in [-0.25, -0.2) is 0 Å². The molecule has 1 heterocycles. The fourth-order valence-electron chi connectivity index (χ4n) is 6.12. The van der Waals surface area contributed by atoms with Crippen LogP contribution in [-0.4, -0.2) is 62.3 Å². The van der Waals surface area contributed by atoms with E-state index in [-0.39, 0.29) is 17.4 Å². The molecule has 3 fully saturated rings. The molecule has 2 atom stereocenters. The Bertz CT molecular complexity index is 1030. The van der Waals surface area contributed by atoms with Gasteiger partial charge in [-0.3, -0.25) is 4.79 Å². The minimum atomic E-state index is -0.0909. The summed E-state index contributed by atoms with van der Waals surface area (Å²) in [7, 11) is 5.66. The lowest BCUT2D eigenvalue weighted by Gasteiger charge is -2.38. The van der Waals surface area contributed by atoms with Gasteiger partial charge < -0.3 is 19.3 Å². The number of hydrogen-bond donors (Lipinski definition) is 0. The molecule has 0 bridgehead atoms. The van der Waals surface area contributed by atoms with Crippen LogP contribution >= 0.6 is 11.6 Å². The zero-order valence-corrected chi connectivity index (χ0v) is 23.7. The second-order valence-electron chi connectivity index (χ2n) is 11.8. The Kier molecular flexibility index (Phi) is 8.85. The molecule has 2 saturated carbocycles. The quantitative estimate of drug-likeness (QED) is 0.377. The summed E-state index contributed by atoms with van der Waals surface area (Å²) in [6.07, 6.45) is 18.5. The second kappa shape index (κ2) is 11.7. The first-order valence-corrected chi connectivity index (χ1v) is 14.3. The van der Waals surface area contributed by atoms with Gasteiger partial charge in [0.15, 0.2) is 0 Å². The lowest BCUT2D eigenvalue weighted by atomic mass is 9.64. The third kappa shape index (κ3) is 6.49. The second-order valence-corrected chi connectivity index (χ2v) is 12.2. The molecule has 202 valence electrons. The van der Waals surface area contributed by atoms with Crippen LogP contribution in [0.1, 0.15) is 75.1 Å². The van der Waals surface area contributed by atoms with Crippen molar-refractivity contribution in [2.75, 3.05) is 34.2 Å². The standard InChI is InChI=1S/C20H29ClN2O2.C11H14O/c1-14(11-15-13-20(15)7-9-23(4)10-8-20)25-16-5-6-17(18(21)12-16)19(24)22(2)3;12-9-11(7-4-8-11)10-5-2-1-3-6-10/h5-6,12,14-15H,7-11,13H2,1-4H3;2,5-6,9H,1,3-4,7-8H2. The molecule has 6 heteroatoms. The molecule has 1 aliphatic heterocycles. The van der Waals surface area contributed by atoms with Gasteiger partial charge in [-0.05, 0) is 114 Å². The lowest BCUT2D eigenvalue weighted by Crippen LogP contribution is -2.32. The van der Waals surface area contributed by atoms with Crippen molar-refractivity contribution in [1.82, 2.24) is 9.80 Å². The van der Waals surface area contributed by atoms with Gasteiger partial charge in [-0.2, -0.15) is 0 Å². The molecular formula is C31H43ClN2O3. The predicted molar refractivity (Wildman–Crippen MR) is 150 cm³/mol. The van der Waals surface area contributed by atoms with Crippen LogP contribution in [0.5, 0.6) is 5.75 Å². The number of likely N-dealkylation sites (tertiary alicyclic amines) is 1. The number of carbonyl (C=O) groups excluding carboxylic acids is 2. The van der Waals surface area contributed by atoms with E-state index in [1.54, 1.807) is 26.2 Å². The lowest BCUT2D eigenvalue weighted by molar-refractivity contribution is -0.117. The molecule has 1 saturated heterocycles. The maximum atomic E-state index is 12.0. The van der Waals surface area contributed by atoms with Crippen LogP contribution in [-0.2, 0) is 4.79 Å². The molecule has 2 unspecified atom stereocenters. The summed E-state index contributed by atoms with van der Waals surface area (Å²) < 4.78 is 6.08. The van der Waals surface area contributed by atoms with Crippen LogP contribution in [0.4, 0.5) is 0 Å². The van der Waals surface area contributed by atoms with Crippen LogP contribution in [0.15, 0.2) is 42.0 Å². The van der Waals surface area contributed by atoms with Crippen LogP contribution in [0, 0.1) is 16.7 Å². The maximum absolute atomic E-state index is 12.0. The van der Waals surface area contributed by atoms with Crippen molar-refractivity contribution in [3.05, 3.63) is 52.6 Å². The molecule has 5 nitrogen and oxygen atoms in total. The summed E-state index contributed by atoms with van der Waals surface area (Å²) in [5, 5.41) is 0.446. The molecule has 0 radical (unpaired) electrons. The van der Waals surface area contributed by atoms with Crippen LogP contribution in [0.25, 0.3) is 0 Å². The number of piperidine rings is 1. The van der Waals surface area contributed by atoms with Gasteiger partial charge in [-0.1, -0.05) is 36.2 Å². The van der Waals surface area contributed by atoms with Gasteiger partial charge in [-0.15, -0.1) is 0 Å². The van der Waals surface area contributed by atoms with Gasteiger partial charge in [0.05, 0.1) is 22.1 Å². The molecule has 1 amide bonds. The fourth-order valence-corrected chi connectivity index (χ4v) is 6.37. The Balaban J connectivity index is 0.000000222. The monoisotopic (exact) mass is 526 g/mol. The van der Waals surface area contributed by atoms with Crippen molar-refractivity contribution >= 4 is 23.8 Å². The molecule has 4 aliphatic rings. The van der Waals surface area contributed by atoms with E-state index in [1.807, 2.05) is 6.07 Å². The molecule has 1 spiro atoms. The number of hydrogen-bond acceptors (Lipinski definition) is 4. The zero-order chi connectivity index (χ0) is 26.6. The highest BCUT2D eigenvalue weighted by Crippen LogP contribution is 2.61. The number of benzene rings is 1. The van der Waals surface area contributed by atoms with E-state index in [1.165, 1.54) is 49.2 Å². The Morgan fingerprint density at radius 2 is 1.95 bits per heavy atom. The molecule has 1 aromatic carbocycles. The van der Waals surface area contributed by atoms with E-state index in [4.69, 9.17) is 16.3 Å². The summed E-state index contributed by atoms with van der Waals surface area (Å²) in [5.41, 5.74) is 2.30. The number of amides is 1. The minimum absolute atomic E-state index is 0.0725. The summed E-state index contributed by atoms with van der Waals surface area (Å²) in [6.45, 7) is 4.58. The average Bonchev–Trinajstić information content (AvgIpc) is 3.52. The fraction of sp³-hybridized carbons (Fsp3) is 0.613. The molecule has 0 aromatic heterocycles. The Morgan fingerprint density at radius 3 is 2.49 bits per heavy atom. The van der Waals surface area contributed by atoms with E-state index in [9.17, 15) is 9.59 Å². The Hall–Kier alpha value is -2.11. The third-order valence-electron chi connectivity index (χ3n) is 8.91. The van der Waals surface area contributed by atoms with E-state index in [0.29, 0.717) is 16.0 Å². The number of carbonyl (C=O) groups is 2. The van der Waals surface area contributed by atoms with E-state index < -0.39 is 0 Å². The minimum Gasteiger partial charge on any atom is -0.491 e. The number of halogens is 1. The van der Waals surface area contributed by atoms with Crippen molar-refractivity contribution in [2.24, 2.45) is 16.7 Å². The number of rotatable bonds is 7. The Morgan fingerprint density at radius 1 is 1.22 bits per heavy atom. The van der Waals surface area contributed by atoms with E-state index in [0.717, 1.165) is 50.1 Å². The molecule has 1 aromatic rings. The maximum Gasteiger partial charge on any atom is 0.254 e. The van der Waals surface area contributed by atoms with Crippen molar-refractivity contribution in [2.45, 2.75) is 70.8 Å². The molecule has 3 aliphatic carbocycles. The molecule has 0 N–H and O–H groups in total. The third-order valence-corrected chi connectivity index (χ3v) is 9.23. The largest absolute Gasteiger partial charge is 0.491 e. The number of nitrogens with zero attached hydrogens (tertiary/aromatic N) is 2. The summed E-state index contributed by atoms with van der Waals surface area (Å²) >= 11 is 6.27. The summed E-state index contributed by atoms with van der Waals surface area (Å²) in [4.78, 5) is 26.9. The molecule has 5 rings (SSSR count). The number of allylic oxidation sites excluding steroid dienone is 4. The van der Waals surface area contributed by atoms with Gasteiger partial charge in [0.1, 0.15) is 12.0 Å². The zero-order valence-electron chi connectivity index (χ0n) is 23.0. The topological polar surface area (TPSA) is 49.9 Å². The highest BCUT2D eigenvalue weighted by Gasteiger charge is 2.54. The average molecular weight is 527 g/mol. The van der Waals surface area contributed by atoms with Crippen molar-refractivity contribution in [3.63, 3.8) is 0 Å². The molecular weight excluding hydrogens is 484 g/mol.